The number of carbonyl (C=O) groups is 2. The summed E-state index contributed by atoms with van der Waals surface area (Å²) in [4.78, 5) is 26.5. The standard InChI is InChI=1S/C31H26Cl2F2N4O3/c1-30(2,3)13-24-31(15-37,20-9-8-18(32)12-22(20)34)25(19-5-4-6-21(33)26(19)35)27(29(41)42)39(24)23-10-7-16(28(38)40)11-17(23)14-36/h4-12,24-25,27H,13H2,1-3H3,(H2,38,40)(H,41,42)/t24-,25-,27+,31-/m0/s1. The quantitative estimate of drug-likeness (QED) is 0.324. The smallest absolute Gasteiger partial charge is 0.327 e. The molecule has 1 amide bonds. The highest BCUT2D eigenvalue weighted by atomic mass is 35.5. The fourth-order valence-electron chi connectivity index (χ4n) is 6.01. The third-order valence-corrected chi connectivity index (χ3v) is 8.11. The Morgan fingerprint density at radius 3 is 2.33 bits per heavy atom. The van der Waals surface area contributed by atoms with E-state index in [1.165, 1.54) is 53.4 Å². The third kappa shape index (κ3) is 5.15. The first-order valence-corrected chi connectivity index (χ1v) is 13.6. The molecule has 1 aliphatic heterocycles. The van der Waals surface area contributed by atoms with E-state index >= 15 is 8.78 Å². The molecule has 3 N–H and O–H groups in total. The Morgan fingerprint density at radius 1 is 1.10 bits per heavy atom. The maximum atomic E-state index is 15.9. The molecule has 0 aromatic heterocycles. The van der Waals surface area contributed by atoms with Crippen LogP contribution in [0, 0.1) is 39.7 Å². The van der Waals surface area contributed by atoms with Gasteiger partial charge in [0.1, 0.15) is 29.2 Å². The zero-order valence-electron chi connectivity index (χ0n) is 22.8. The number of carbonyl (C=O) groups excluding carboxylic acids is 1. The van der Waals surface area contributed by atoms with E-state index in [-0.39, 0.29) is 44.4 Å². The van der Waals surface area contributed by atoms with Crippen LogP contribution in [0.5, 0.6) is 0 Å². The minimum atomic E-state index is -2.04. The average molecular weight is 611 g/mol. The number of halogens is 4. The zero-order chi connectivity index (χ0) is 31.1. The Balaban J connectivity index is 2.22. The summed E-state index contributed by atoms with van der Waals surface area (Å²) < 4.78 is 31.8. The number of hydrogen-bond acceptors (Lipinski definition) is 5. The normalized spacial score (nSPS) is 21.9. The van der Waals surface area contributed by atoms with Gasteiger partial charge in [0, 0.05) is 22.1 Å². The van der Waals surface area contributed by atoms with Crippen molar-refractivity contribution in [3.63, 3.8) is 0 Å². The number of aliphatic carboxylic acids is 1. The highest BCUT2D eigenvalue weighted by Crippen LogP contribution is 2.58. The molecule has 11 heteroatoms. The molecule has 216 valence electrons. The van der Waals surface area contributed by atoms with E-state index in [9.17, 15) is 25.2 Å². The lowest BCUT2D eigenvalue weighted by Crippen LogP contribution is -2.47. The second kappa shape index (κ2) is 11.2. The van der Waals surface area contributed by atoms with E-state index in [0.717, 1.165) is 6.07 Å². The molecule has 0 radical (unpaired) electrons. The lowest BCUT2D eigenvalue weighted by Gasteiger charge is -2.40. The zero-order valence-corrected chi connectivity index (χ0v) is 24.3. The number of nitriles is 2. The van der Waals surface area contributed by atoms with Crippen LogP contribution in [0.3, 0.4) is 0 Å². The Bertz CT molecular complexity index is 1680. The predicted octanol–water partition coefficient (Wildman–Crippen LogP) is 6.57. The molecular weight excluding hydrogens is 585 g/mol. The van der Waals surface area contributed by atoms with Gasteiger partial charge in [0.25, 0.3) is 0 Å². The van der Waals surface area contributed by atoms with Crippen molar-refractivity contribution < 1.29 is 23.5 Å². The molecule has 0 unspecified atom stereocenters. The van der Waals surface area contributed by atoms with Crippen LogP contribution in [0.15, 0.2) is 54.6 Å². The fourth-order valence-corrected chi connectivity index (χ4v) is 6.35. The number of nitrogens with zero attached hydrogens (tertiary/aromatic N) is 3. The molecule has 1 heterocycles. The van der Waals surface area contributed by atoms with Gasteiger partial charge in [-0.05, 0) is 53.8 Å². The summed E-state index contributed by atoms with van der Waals surface area (Å²) in [7, 11) is 0. The van der Waals surface area contributed by atoms with Gasteiger partial charge in [0.2, 0.25) is 5.91 Å². The van der Waals surface area contributed by atoms with Gasteiger partial charge >= 0.3 is 5.97 Å². The Morgan fingerprint density at radius 2 is 1.79 bits per heavy atom. The van der Waals surface area contributed by atoms with Crippen LogP contribution in [0.2, 0.25) is 10.0 Å². The summed E-state index contributed by atoms with van der Waals surface area (Å²) in [5.74, 6) is -5.62. The van der Waals surface area contributed by atoms with Crippen molar-refractivity contribution in [1.29, 1.82) is 10.5 Å². The monoisotopic (exact) mass is 610 g/mol. The molecule has 3 aromatic carbocycles. The van der Waals surface area contributed by atoms with E-state index in [1.807, 2.05) is 26.8 Å². The summed E-state index contributed by atoms with van der Waals surface area (Å²) in [5.41, 5.74) is 2.36. The molecule has 4 rings (SSSR count). The number of benzene rings is 3. The first-order valence-electron chi connectivity index (χ1n) is 12.8. The van der Waals surface area contributed by atoms with Crippen molar-refractivity contribution in [1.82, 2.24) is 0 Å². The van der Waals surface area contributed by atoms with E-state index in [1.54, 1.807) is 0 Å². The highest BCUT2D eigenvalue weighted by molar-refractivity contribution is 6.31. The molecule has 0 spiro atoms. The first kappa shape index (κ1) is 30.8. The van der Waals surface area contributed by atoms with Crippen LogP contribution >= 0.6 is 23.2 Å². The van der Waals surface area contributed by atoms with Crippen molar-refractivity contribution in [2.75, 3.05) is 4.90 Å². The molecular formula is C31H26Cl2F2N4O3. The summed E-state index contributed by atoms with van der Waals surface area (Å²) in [6.07, 6.45) is 0.105. The van der Waals surface area contributed by atoms with Gasteiger partial charge < -0.3 is 15.7 Å². The van der Waals surface area contributed by atoms with Crippen LogP contribution in [0.25, 0.3) is 0 Å². The molecule has 3 aromatic rings. The van der Waals surface area contributed by atoms with Crippen molar-refractivity contribution in [2.45, 2.75) is 50.6 Å². The minimum Gasteiger partial charge on any atom is -0.480 e. The SMILES string of the molecule is CC(C)(C)C[C@@H]1N(c2ccc(C(N)=O)cc2C#N)[C@@H](C(=O)O)[C@H](c2cccc(Cl)c2F)[C@@]1(C#N)c1ccc(Cl)cc1F. The van der Waals surface area contributed by atoms with E-state index in [2.05, 4.69) is 6.07 Å². The second-order valence-electron chi connectivity index (χ2n) is 11.4. The highest BCUT2D eigenvalue weighted by Gasteiger charge is 2.65. The van der Waals surface area contributed by atoms with E-state index < -0.39 is 52.3 Å². The summed E-state index contributed by atoms with van der Waals surface area (Å²) >= 11 is 12.2. The fraction of sp³-hybridized carbons (Fsp3) is 0.290. The average Bonchev–Trinajstić information content (AvgIpc) is 3.18. The van der Waals surface area contributed by atoms with Crippen molar-refractivity contribution in [3.8, 4) is 12.1 Å². The van der Waals surface area contributed by atoms with Gasteiger partial charge in [-0.3, -0.25) is 4.79 Å². The third-order valence-electron chi connectivity index (χ3n) is 7.58. The molecule has 7 nitrogen and oxygen atoms in total. The summed E-state index contributed by atoms with van der Waals surface area (Å²) in [6.45, 7) is 5.57. The van der Waals surface area contributed by atoms with Crippen LogP contribution < -0.4 is 10.6 Å². The van der Waals surface area contributed by atoms with Gasteiger partial charge in [-0.1, -0.05) is 62.2 Å². The van der Waals surface area contributed by atoms with Gasteiger partial charge in [-0.15, -0.1) is 0 Å². The van der Waals surface area contributed by atoms with Crippen molar-refractivity contribution >= 4 is 40.8 Å². The van der Waals surface area contributed by atoms with Gasteiger partial charge in [0.05, 0.1) is 28.4 Å². The number of nitrogens with two attached hydrogens (primary N) is 1. The lowest BCUT2D eigenvalue weighted by molar-refractivity contribution is -0.138. The summed E-state index contributed by atoms with van der Waals surface area (Å²) in [6, 6.07) is 13.0. The number of rotatable bonds is 6. The molecule has 4 atom stereocenters. The Labute approximate surface area is 251 Å². The number of hydrogen-bond donors (Lipinski definition) is 2. The van der Waals surface area contributed by atoms with Crippen LogP contribution in [-0.2, 0) is 10.2 Å². The Kier molecular flexibility index (Phi) is 8.24. The first-order chi connectivity index (χ1) is 19.7. The lowest BCUT2D eigenvalue weighted by atomic mass is 9.62. The van der Waals surface area contributed by atoms with Crippen LogP contribution in [-0.4, -0.2) is 29.1 Å². The molecule has 0 bridgehead atoms. The van der Waals surface area contributed by atoms with E-state index in [4.69, 9.17) is 28.9 Å². The molecule has 1 aliphatic rings. The van der Waals surface area contributed by atoms with Gasteiger partial charge in [0.15, 0.2) is 0 Å². The molecule has 42 heavy (non-hydrogen) atoms. The topological polar surface area (TPSA) is 131 Å². The van der Waals surface area contributed by atoms with Gasteiger partial charge in [-0.25, -0.2) is 13.6 Å². The maximum Gasteiger partial charge on any atom is 0.327 e. The molecule has 0 aliphatic carbocycles. The number of anilines is 1. The van der Waals surface area contributed by atoms with Crippen LogP contribution in [0.4, 0.5) is 14.5 Å². The van der Waals surface area contributed by atoms with Crippen molar-refractivity contribution in [3.05, 3.63) is 98.5 Å². The molecule has 1 fully saturated rings. The number of carboxylic acids is 1. The largest absolute Gasteiger partial charge is 0.480 e. The number of primary amides is 1. The van der Waals surface area contributed by atoms with Crippen molar-refractivity contribution in [2.24, 2.45) is 11.1 Å². The molecule has 1 saturated heterocycles. The van der Waals surface area contributed by atoms with E-state index in [0.29, 0.717) is 0 Å². The Hall–Kier alpha value is -4.18. The number of carboxylic acid groups (broad SMARTS) is 1. The minimum absolute atomic E-state index is 0.00136. The summed E-state index contributed by atoms with van der Waals surface area (Å²) in [5, 5.41) is 31.7. The van der Waals surface area contributed by atoms with Crippen LogP contribution in [0.1, 0.15) is 60.2 Å². The molecule has 0 saturated carbocycles. The predicted molar refractivity (Wildman–Crippen MR) is 154 cm³/mol. The second-order valence-corrected chi connectivity index (χ2v) is 12.2. The number of amides is 1. The van der Waals surface area contributed by atoms with Gasteiger partial charge in [-0.2, -0.15) is 10.5 Å². The maximum absolute atomic E-state index is 15.9.